The molecule has 2 saturated heterocycles. The molecule has 3 rings (SSSR count). The third-order valence-electron chi connectivity index (χ3n) is 5.07. The highest BCUT2D eigenvalue weighted by atomic mass is 16.5. The maximum atomic E-state index is 12.5. The van der Waals surface area contributed by atoms with Crippen molar-refractivity contribution in [3.05, 3.63) is 24.2 Å². The van der Waals surface area contributed by atoms with Gasteiger partial charge in [-0.05, 0) is 38.1 Å². The summed E-state index contributed by atoms with van der Waals surface area (Å²) < 4.78 is 10.6. The molecule has 2 fully saturated rings. The van der Waals surface area contributed by atoms with Crippen LogP contribution in [0.2, 0.25) is 0 Å². The van der Waals surface area contributed by atoms with E-state index in [0.717, 1.165) is 18.8 Å². The highest BCUT2D eigenvalue weighted by molar-refractivity contribution is 5.89. The largest absolute Gasteiger partial charge is 0.468 e. The predicted octanol–water partition coefficient (Wildman–Crippen LogP) is 1.03. The molecule has 25 heavy (non-hydrogen) atoms. The number of amides is 2. The van der Waals surface area contributed by atoms with Gasteiger partial charge in [0.15, 0.2) is 0 Å². The van der Waals surface area contributed by atoms with Crippen molar-refractivity contribution in [2.75, 3.05) is 46.4 Å². The standard InChI is InChI=1S/C18H27N3O4/c1-24-10-8-21-13-14(11-17(21)22)18(23)19-12-15(16-5-4-9-25-16)20-6-2-3-7-20/h4-5,9,14-15H,2-3,6-8,10-13H2,1H3,(H,19,23)/t14-,15+/m1/s1. The van der Waals surface area contributed by atoms with Crippen molar-refractivity contribution in [3.63, 3.8) is 0 Å². The van der Waals surface area contributed by atoms with Gasteiger partial charge in [0.25, 0.3) is 0 Å². The SMILES string of the molecule is COCCN1C[C@H](C(=O)NC[C@@H](c2ccco2)N2CCCC2)CC1=O. The minimum atomic E-state index is -0.278. The molecule has 0 radical (unpaired) electrons. The Kier molecular flexibility index (Phi) is 6.09. The second-order valence-electron chi connectivity index (χ2n) is 6.75. The fraction of sp³-hybridized carbons (Fsp3) is 0.667. The van der Waals surface area contributed by atoms with Gasteiger partial charge in [-0.3, -0.25) is 14.5 Å². The smallest absolute Gasteiger partial charge is 0.225 e. The third-order valence-corrected chi connectivity index (χ3v) is 5.07. The lowest BCUT2D eigenvalue weighted by Gasteiger charge is -2.26. The summed E-state index contributed by atoms with van der Waals surface area (Å²) in [5, 5.41) is 3.04. The van der Waals surface area contributed by atoms with Crippen molar-refractivity contribution < 1.29 is 18.7 Å². The number of likely N-dealkylation sites (tertiary alicyclic amines) is 2. The molecular weight excluding hydrogens is 322 g/mol. The van der Waals surface area contributed by atoms with Crippen molar-refractivity contribution in [1.29, 1.82) is 0 Å². The summed E-state index contributed by atoms with van der Waals surface area (Å²) >= 11 is 0. The number of hydrogen-bond acceptors (Lipinski definition) is 5. The topological polar surface area (TPSA) is 75.0 Å². The van der Waals surface area contributed by atoms with Crippen LogP contribution in [-0.4, -0.2) is 68.1 Å². The van der Waals surface area contributed by atoms with Gasteiger partial charge < -0.3 is 19.4 Å². The van der Waals surface area contributed by atoms with Crippen LogP contribution in [0.5, 0.6) is 0 Å². The van der Waals surface area contributed by atoms with Gasteiger partial charge in [0.05, 0.1) is 24.8 Å². The van der Waals surface area contributed by atoms with Crippen molar-refractivity contribution in [2.24, 2.45) is 5.92 Å². The molecule has 2 amide bonds. The first kappa shape index (κ1) is 17.9. The predicted molar refractivity (Wildman–Crippen MR) is 91.8 cm³/mol. The Bertz CT molecular complexity index is 569. The van der Waals surface area contributed by atoms with Crippen LogP contribution in [0.15, 0.2) is 22.8 Å². The average Bonchev–Trinajstić information content (AvgIpc) is 3.35. The zero-order chi connectivity index (χ0) is 17.6. The summed E-state index contributed by atoms with van der Waals surface area (Å²) in [5.41, 5.74) is 0. The van der Waals surface area contributed by atoms with Crippen LogP contribution in [0.1, 0.15) is 31.1 Å². The summed E-state index contributed by atoms with van der Waals surface area (Å²) in [7, 11) is 1.61. The normalized spacial score (nSPS) is 22.5. The molecule has 0 aromatic carbocycles. The monoisotopic (exact) mass is 349 g/mol. The molecule has 138 valence electrons. The molecular formula is C18H27N3O4. The van der Waals surface area contributed by atoms with Gasteiger partial charge in [-0.25, -0.2) is 0 Å². The number of ether oxygens (including phenoxy) is 1. The van der Waals surface area contributed by atoms with Gasteiger partial charge in [0.1, 0.15) is 5.76 Å². The number of carbonyl (C=O) groups excluding carboxylic acids is 2. The quantitative estimate of drug-likeness (QED) is 0.759. The molecule has 0 spiro atoms. The highest BCUT2D eigenvalue weighted by Gasteiger charge is 2.34. The summed E-state index contributed by atoms with van der Waals surface area (Å²) in [6.45, 7) is 4.07. The number of carbonyl (C=O) groups is 2. The fourth-order valence-electron chi connectivity index (χ4n) is 3.65. The lowest BCUT2D eigenvalue weighted by molar-refractivity contribution is -0.129. The van der Waals surface area contributed by atoms with E-state index >= 15 is 0 Å². The van der Waals surface area contributed by atoms with Gasteiger partial charge >= 0.3 is 0 Å². The molecule has 2 aliphatic rings. The minimum Gasteiger partial charge on any atom is -0.468 e. The molecule has 0 aliphatic carbocycles. The van der Waals surface area contributed by atoms with Crippen molar-refractivity contribution in [3.8, 4) is 0 Å². The van der Waals surface area contributed by atoms with E-state index < -0.39 is 0 Å². The van der Waals surface area contributed by atoms with Crippen molar-refractivity contribution in [1.82, 2.24) is 15.1 Å². The summed E-state index contributed by atoms with van der Waals surface area (Å²) in [5.74, 6) is 0.579. The molecule has 2 aliphatic heterocycles. The van der Waals surface area contributed by atoms with E-state index in [4.69, 9.17) is 9.15 Å². The lowest BCUT2D eigenvalue weighted by Crippen LogP contribution is -2.40. The van der Waals surface area contributed by atoms with E-state index in [1.54, 1.807) is 18.3 Å². The number of hydrogen-bond donors (Lipinski definition) is 1. The molecule has 0 bridgehead atoms. The van der Waals surface area contributed by atoms with E-state index in [0.29, 0.717) is 26.2 Å². The molecule has 0 unspecified atom stereocenters. The van der Waals surface area contributed by atoms with Crippen molar-refractivity contribution in [2.45, 2.75) is 25.3 Å². The number of nitrogens with zero attached hydrogens (tertiary/aromatic N) is 2. The molecule has 2 atom stereocenters. The summed E-state index contributed by atoms with van der Waals surface area (Å²) in [4.78, 5) is 28.6. The second kappa shape index (κ2) is 8.49. The molecule has 3 heterocycles. The van der Waals surface area contributed by atoms with Crippen LogP contribution in [-0.2, 0) is 14.3 Å². The van der Waals surface area contributed by atoms with E-state index in [1.807, 2.05) is 12.1 Å². The van der Waals surface area contributed by atoms with E-state index in [2.05, 4.69) is 10.2 Å². The lowest BCUT2D eigenvalue weighted by atomic mass is 10.1. The van der Waals surface area contributed by atoms with Crippen LogP contribution >= 0.6 is 0 Å². The highest BCUT2D eigenvalue weighted by Crippen LogP contribution is 2.25. The number of rotatable bonds is 8. The van der Waals surface area contributed by atoms with Crippen LogP contribution < -0.4 is 5.32 Å². The Balaban J connectivity index is 1.54. The number of nitrogens with one attached hydrogen (secondary N) is 1. The number of furan rings is 1. The van der Waals surface area contributed by atoms with Gasteiger partial charge in [-0.15, -0.1) is 0 Å². The second-order valence-corrected chi connectivity index (χ2v) is 6.75. The minimum absolute atomic E-state index is 0.0272. The average molecular weight is 349 g/mol. The van der Waals surface area contributed by atoms with Crippen molar-refractivity contribution >= 4 is 11.8 Å². The summed E-state index contributed by atoms with van der Waals surface area (Å²) in [6.07, 6.45) is 4.31. The van der Waals surface area contributed by atoms with Gasteiger partial charge in [0.2, 0.25) is 11.8 Å². The third kappa shape index (κ3) is 4.41. The van der Waals surface area contributed by atoms with E-state index in [-0.39, 0.29) is 30.2 Å². The first-order valence-corrected chi connectivity index (χ1v) is 9.01. The van der Waals surface area contributed by atoms with Crippen LogP contribution in [0.3, 0.4) is 0 Å². The van der Waals surface area contributed by atoms with E-state index in [9.17, 15) is 9.59 Å². The molecule has 0 saturated carbocycles. The van der Waals surface area contributed by atoms with Gasteiger partial charge in [-0.1, -0.05) is 0 Å². The molecule has 7 nitrogen and oxygen atoms in total. The van der Waals surface area contributed by atoms with Crippen LogP contribution in [0.25, 0.3) is 0 Å². The fourth-order valence-corrected chi connectivity index (χ4v) is 3.65. The Morgan fingerprint density at radius 1 is 1.44 bits per heavy atom. The first-order valence-electron chi connectivity index (χ1n) is 9.01. The summed E-state index contributed by atoms with van der Waals surface area (Å²) in [6, 6.07) is 3.90. The molecule has 1 aromatic rings. The molecule has 1 N–H and O–H groups in total. The maximum Gasteiger partial charge on any atom is 0.225 e. The molecule has 1 aromatic heterocycles. The van der Waals surface area contributed by atoms with Gasteiger partial charge in [-0.2, -0.15) is 0 Å². The Labute approximate surface area is 148 Å². The zero-order valence-electron chi connectivity index (χ0n) is 14.8. The maximum absolute atomic E-state index is 12.5. The first-order chi connectivity index (χ1) is 12.2. The van der Waals surface area contributed by atoms with Crippen LogP contribution in [0.4, 0.5) is 0 Å². The van der Waals surface area contributed by atoms with Crippen LogP contribution in [0, 0.1) is 5.92 Å². The Hall–Kier alpha value is -1.86. The number of methoxy groups -OCH3 is 1. The zero-order valence-corrected chi connectivity index (χ0v) is 14.8. The van der Waals surface area contributed by atoms with E-state index in [1.165, 1.54) is 12.8 Å². The van der Waals surface area contributed by atoms with Gasteiger partial charge in [0, 0.05) is 33.2 Å². The Morgan fingerprint density at radius 3 is 2.92 bits per heavy atom. The molecule has 7 heteroatoms. The Morgan fingerprint density at radius 2 is 2.24 bits per heavy atom.